The Morgan fingerprint density at radius 1 is 1.41 bits per heavy atom. The third-order valence-electron chi connectivity index (χ3n) is 4.10. The summed E-state index contributed by atoms with van der Waals surface area (Å²) in [6, 6.07) is 0. The maximum atomic E-state index is 12.4. The Balaban J connectivity index is 1.58. The number of rotatable bonds is 2. The molecule has 3 aromatic rings. The lowest BCUT2D eigenvalue weighted by molar-refractivity contribution is 0.0784. The van der Waals surface area contributed by atoms with Crippen LogP contribution in [0.4, 0.5) is 0 Å². The van der Waals surface area contributed by atoms with Crippen molar-refractivity contribution in [2.24, 2.45) is 0 Å². The highest BCUT2D eigenvalue weighted by Crippen LogP contribution is 2.32. The van der Waals surface area contributed by atoms with Crippen molar-refractivity contribution >= 4 is 22.1 Å². The number of hydrogen-bond donors (Lipinski definition) is 0. The van der Waals surface area contributed by atoms with Crippen LogP contribution in [0.25, 0.3) is 4.83 Å². The van der Waals surface area contributed by atoms with E-state index in [1.807, 2.05) is 18.0 Å². The number of aryl methyl sites for hydroxylation is 1. The van der Waals surface area contributed by atoms with E-state index in [-0.39, 0.29) is 5.91 Å². The molecule has 1 amide bonds. The summed E-state index contributed by atoms with van der Waals surface area (Å²) in [6.07, 6.45) is 7.63. The Hall–Kier alpha value is -2.28. The van der Waals surface area contributed by atoms with E-state index >= 15 is 0 Å². The van der Waals surface area contributed by atoms with Crippen LogP contribution in [0.3, 0.4) is 0 Å². The Labute approximate surface area is 131 Å². The molecule has 7 heteroatoms. The Kier molecular flexibility index (Phi) is 3.15. The fourth-order valence-corrected chi connectivity index (χ4v) is 3.95. The van der Waals surface area contributed by atoms with E-state index in [9.17, 15) is 4.79 Å². The van der Waals surface area contributed by atoms with Gasteiger partial charge < -0.3 is 4.90 Å². The first-order chi connectivity index (χ1) is 10.7. The van der Waals surface area contributed by atoms with Crippen LogP contribution in [-0.2, 0) is 0 Å². The molecule has 1 fully saturated rings. The molecule has 4 heterocycles. The van der Waals surface area contributed by atoms with Gasteiger partial charge in [0.05, 0.1) is 11.9 Å². The smallest absolute Gasteiger partial charge is 0.274 e. The molecular formula is C15H15N5OS. The molecule has 4 rings (SSSR count). The van der Waals surface area contributed by atoms with Gasteiger partial charge in [-0.25, -0.2) is 9.97 Å². The van der Waals surface area contributed by atoms with Crippen LogP contribution in [0.5, 0.6) is 0 Å². The number of aromatic nitrogens is 4. The van der Waals surface area contributed by atoms with E-state index in [0.29, 0.717) is 18.2 Å². The SMILES string of the molecule is Cc1nc(C2CCN(C(=O)c3cnccn3)C2)c2sccn12. The fourth-order valence-electron chi connectivity index (χ4n) is 3.00. The molecule has 22 heavy (non-hydrogen) atoms. The standard InChI is InChI=1S/C15H15N5OS/c1-10-18-13(15-20(10)6-7-22-15)11-2-5-19(9-11)14(21)12-8-16-3-4-17-12/h3-4,6-8,11H,2,5,9H2,1H3. The van der Waals surface area contributed by atoms with Crippen molar-refractivity contribution in [3.63, 3.8) is 0 Å². The number of fused-ring (bicyclic) bond motifs is 1. The first kappa shape index (κ1) is 13.4. The maximum absolute atomic E-state index is 12.4. The molecule has 1 aliphatic rings. The third-order valence-corrected chi connectivity index (χ3v) is 4.99. The lowest BCUT2D eigenvalue weighted by atomic mass is 10.1. The van der Waals surface area contributed by atoms with E-state index in [2.05, 4.69) is 19.7 Å². The second-order valence-electron chi connectivity index (χ2n) is 5.45. The van der Waals surface area contributed by atoms with E-state index in [1.54, 1.807) is 23.7 Å². The minimum Gasteiger partial charge on any atom is -0.337 e. The second-order valence-corrected chi connectivity index (χ2v) is 6.34. The Morgan fingerprint density at radius 3 is 3.14 bits per heavy atom. The summed E-state index contributed by atoms with van der Waals surface area (Å²) >= 11 is 1.70. The number of nitrogens with zero attached hydrogens (tertiary/aromatic N) is 5. The van der Waals surface area contributed by atoms with Crippen LogP contribution in [0.15, 0.2) is 30.2 Å². The molecule has 1 saturated heterocycles. The van der Waals surface area contributed by atoms with Crippen molar-refractivity contribution in [3.05, 3.63) is 47.4 Å². The van der Waals surface area contributed by atoms with Gasteiger partial charge >= 0.3 is 0 Å². The maximum Gasteiger partial charge on any atom is 0.274 e. The molecule has 0 aromatic carbocycles. The van der Waals surface area contributed by atoms with Crippen LogP contribution in [-0.4, -0.2) is 43.2 Å². The topological polar surface area (TPSA) is 63.4 Å². The number of thiazole rings is 1. The molecule has 0 N–H and O–H groups in total. The van der Waals surface area contributed by atoms with Crippen molar-refractivity contribution in [1.82, 2.24) is 24.3 Å². The molecule has 6 nitrogen and oxygen atoms in total. The predicted octanol–water partition coefficient (Wildman–Crippen LogP) is 2.12. The van der Waals surface area contributed by atoms with Crippen LogP contribution >= 0.6 is 11.3 Å². The average Bonchev–Trinajstić information content (AvgIpc) is 3.25. The van der Waals surface area contributed by atoms with Crippen molar-refractivity contribution in [1.29, 1.82) is 0 Å². The Bertz CT molecular complexity index is 825. The van der Waals surface area contributed by atoms with Crippen molar-refractivity contribution in [2.45, 2.75) is 19.3 Å². The van der Waals surface area contributed by atoms with Crippen molar-refractivity contribution < 1.29 is 4.79 Å². The quantitative estimate of drug-likeness (QED) is 0.727. The molecule has 0 bridgehead atoms. The van der Waals surface area contributed by atoms with Gasteiger partial charge in [-0.3, -0.25) is 14.2 Å². The van der Waals surface area contributed by atoms with Crippen LogP contribution in [0, 0.1) is 6.92 Å². The first-order valence-electron chi connectivity index (χ1n) is 7.21. The van der Waals surface area contributed by atoms with Gasteiger partial charge in [-0.05, 0) is 13.3 Å². The first-order valence-corrected chi connectivity index (χ1v) is 8.09. The predicted molar refractivity (Wildman–Crippen MR) is 83.1 cm³/mol. The van der Waals surface area contributed by atoms with Crippen LogP contribution < -0.4 is 0 Å². The van der Waals surface area contributed by atoms with E-state index in [1.165, 1.54) is 11.0 Å². The van der Waals surface area contributed by atoms with E-state index in [0.717, 1.165) is 24.5 Å². The van der Waals surface area contributed by atoms with Gasteiger partial charge in [-0.2, -0.15) is 0 Å². The zero-order chi connectivity index (χ0) is 15.1. The van der Waals surface area contributed by atoms with Crippen LogP contribution in [0.1, 0.15) is 34.3 Å². The zero-order valence-corrected chi connectivity index (χ0v) is 13.0. The number of imidazole rings is 1. The number of hydrogen-bond acceptors (Lipinski definition) is 5. The highest BCUT2D eigenvalue weighted by atomic mass is 32.1. The van der Waals surface area contributed by atoms with Gasteiger partial charge in [0, 0.05) is 43.0 Å². The summed E-state index contributed by atoms with van der Waals surface area (Å²) in [5.74, 6) is 1.25. The molecule has 0 aliphatic carbocycles. The van der Waals surface area contributed by atoms with Crippen molar-refractivity contribution in [2.75, 3.05) is 13.1 Å². The third kappa shape index (κ3) is 2.09. The molecule has 1 unspecified atom stereocenters. The summed E-state index contributed by atoms with van der Waals surface area (Å²) in [6.45, 7) is 3.45. The molecule has 3 aromatic heterocycles. The normalized spacial score (nSPS) is 18.2. The van der Waals surface area contributed by atoms with Crippen LogP contribution in [0.2, 0.25) is 0 Å². The molecule has 1 atom stereocenters. The fraction of sp³-hybridized carbons (Fsp3) is 0.333. The zero-order valence-electron chi connectivity index (χ0n) is 12.1. The molecule has 0 radical (unpaired) electrons. The summed E-state index contributed by atoms with van der Waals surface area (Å²) in [5.41, 5.74) is 1.52. The number of carbonyl (C=O) groups excluding carboxylic acids is 1. The minimum absolute atomic E-state index is 0.0473. The summed E-state index contributed by atoms with van der Waals surface area (Å²) in [5, 5.41) is 2.07. The number of amides is 1. The van der Waals surface area contributed by atoms with E-state index < -0.39 is 0 Å². The molecule has 0 spiro atoms. The van der Waals surface area contributed by atoms with Gasteiger partial charge in [0.25, 0.3) is 5.91 Å². The van der Waals surface area contributed by atoms with Gasteiger partial charge in [0.1, 0.15) is 16.3 Å². The molecule has 1 aliphatic heterocycles. The van der Waals surface area contributed by atoms with Gasteiger partial charge in [0.15, 0.2) is 0 Å². The van der Waals surface area contributed by atoms with Gasteiger partial charge in [-0.1, -0.05) is 0 Å². The van der Waals surface area contributed by atoms with Crippen molar-refractivity contribution in [3.8, 4) is 0 Å². The van der Waals surface area contributed by atoms with Gasteiger partial charge in [0.2, 0.25) is 0 Å². The van der Waals surface area contributed by atoms with E-state index in [4.69, 9.17) is 4.98 Å². The lowest BCUT2D eigenvalue weighted by Gasteiger charge is -2.15. The largest absolute Gasteiger partial charge is 0.337 e. The monoisotopic (exact) mass is 313 g/mol. The summed E-state index contributed by atoms with van der Waals surface area (Å²) < 4.78 is 2.12. The van der Waals surface area contributed by atoms with Gasteiger partial charge in [-0.15, -0.1) is 11.3 Å². The highest BCUT2D eigenvalue weighted by molar-refractivity contribution is 7.15. The number of likely N-dealkylation sites (tertiary alicyclic amines) is 1. The molecular weight excluding hydrogens is 298 g/mol. The summed E-state index contributed by atoms with van der Waals surface area (Å²) in [4.78, 5) is 28.3. The lowest BCUT2D eigenvalue weighted by Crippen LogP contribution is -2.29. The minimum atomic E-state index is -0.0473. The Morgan fingerprint density at radius 2 is 2.32 bits per heavy atom. The second kappa shape index (κ2) is 5.17. The molecule has 112 valence electrons. The summed E-state index contributed by atoms with van der Waals surface area (Å²) in [7, 11) is 0. The average molecular weight is 313 g/mol. The molecule has 0 saturated carbocycles. The highest BCUT2D eigenvalue weighted by Gasteiger charge is 2.31. The number of carbonyl (C=O) groups is 1.